The molecule has 0 amide bonds. The Morgan fingerprint density at radius 1 is 1.58 bits per heavy atom. The number of nitrogens with zero attached hydrogens (tertiary/aromatic N) is 2. The molecule has 1 rings (SSSR count). The molecule has 0 unspecified atom stereocenters. The topological polar surface area (TPSA) is 98.0 Å². The van der Waals surface area contributed by atoms with Gasteiger partial charge in [0.15, 0.2) is 5.84 Å². The third-order valence-corrected chi connectivity index (χ3v) is 3.54. The summed E-state index contributed by atoms with van der Waals surface area (Å²) in [5.41, 5.74) is 8.46. The summed E-state index contributed by atoms with van der Waals surface area (Å²) in [5, 5.41) is 20.7. The summed E-state index contributed by atoms with van der Waals surface area (Å²) < 4.78 is 0. The van der Waals surface area contributed by atoms with Crippen molar-refractivity contribution in [1.82, 2.24) is 0 Å². The second kappa shape index (κ2) is 7.02. The highest BCUT2D eigenvalue weighted by molar-refractivity contribution is 8.00. The Labute approximate surface area is 121 Å². The van der Waals surface area contributed by atoms with E-state index >= 15 is 0 Å². The smallest absolute Gasteiger partial charge is 0.201 e. The number of anilines is 1. The lowest BCUT2D eigenvalue weighted by Gasteiger charge is -2.12. The van der Waals surface area contributed by atoms with E-state index in [1.165, 1.54) is 0 Å². The Morgan fingerprint density at radius 3 is 2.79 bits per heavy atom. The predicted molar refractivity (Wildman–Crippen MR) is 81.0 cm³/mol. The van der Waals surface area contributed by atoms with E-state index in [2.05, 4.69) is 24.4 Å². The molecule has 5 nitrogen and oxygen atoms in total. The maximum absolute atomic E-state index is 8.77. The summed E-state index contributed by atoms with van der Waals surface area (Å²) in [7, 11) is 0. The molecule has 0 aliphatic carbocycles. The summed E-state index contributed by atoms with van der Waals surface area (Å²) in [6.45, 7) is 4.11. The standard InChI is InChI=1S/C12H14ClN5S/c1-7(2)19-11-8(13)4-3-5-9(11)17-18-10(6-14)12(15)16/h3-5,7,17H,1-2H3,(H3,15,16)/b18-10+. The van der Waals surface area contributed by atoms with Crippen molar-refractivity contribution in [3.63, 3.8) is 0 Å². The quantitative estimate of drug-likeness (QED) is 0.336. The summed E-state index contributed by atoms with van der Waals surface area (Å²) in [5.74, 6) is -0.380. The third kappa shape index (κ3) is 4.47. The summed E-state index contributed by atoms with van der Waals surface area (Å²) in [4.78, 5) is 0.851. The molecule has 0 fully saturated rings. The number of halogens is 1. The van der Waals surface area contributed by atoms with Crippen LogP contribution < -0.4 is 11.2 Å². The molecule has 100 valence electrons. The van der Waals surface area contributed by atoms with Gasteiger partial charge >= 0.3 is 0 Å². The van der Waals surface area contributed by atoms with Gasteiger partial charge in [0, 0.05) is 5.25 Å². The average molecular weight is 296 g/mol. The Hall–Kier alpha value is -1.71. The lowest BCUT2D eigenvalue weighted by Crippen LogP contribution is -2.21. The van der Waals surface area contributed by atoms with E-state index in [0.717, 1.165) is 4.90 Å². The van der Waals surface area contributed by atoms with Crippen LogP contribution in [0, 0.1) is 16.7 Å². The van der Waals surface area contributed by atoms with Crippen molar-refractivity contribution in [3.8, 4) is 6.07 Å². The van der Waals surface area contributed by atoms with Gasteiger partial charge in [-0.15, -0.1) is 11.8 Å². The van der Waals surface area contributed by atoms with Gasteiger partial charge in [0.1, 0.15) is 6.07 Å². The number of rotatable bonds is 5. The lowest BCUT2D eigenvalue weighted by atomic mass is 10.3. The number of thioether (sulfide) groups is 1. The van der Waals surface area contributed by atoms with E-state index in [0.29, 0.717) is 16.0 Å². The van der Waals surface area contributed by atoms with E-state index in [9.17, 15) is 0 Å². The summed E-state index contributed by atoms with van der Waals surface area (Å²) in [6.07, 6.45) is 0. The molecule has 0 aromatic heterocycles. The van der Waals surface area contributed by atoms with Crippen molar-refractivity contribution in [3.05, 3.63) is 23.2 Å². The summed E-state index contributed by atoms with van der Waals surface area (Å²) >= 11 is 7.73. The number of hydrazone groups is 1. The molecule has 0 radical (unpaired) electrons. The Kier molecular flexibility index (Phi) is 5.67. The van der Waals surface area contributed by atoms with Crippen LogP contribution in [0.15, 0.2) is 28.2 Å². The largest absolute Gasteiger partial charge is 0.382 e. The van der Waals surface area contributed by atoms with Crippen LogP contribution in [0.25, 0.3) is 0 Å². The molecule has 0 heterocycles. The van der Waals surface area contributed by atoms with Crippen molar-refractivity contribution in [1.29, 1.82) is 10.7 Å². The summed E-state index contributed by atoms with van der Waals surface area (Å²) in [6, 6.07) is 7.12. The molecule has 0 saturated carbocycles. The van der Waals surface area contributed by atoms with Crippen LogP contribution in [0.2, 0.25) is 5.02 Å². The number of hydrogen-bond donors (Lipinski definition) is 3. The molecular weight excluding hydrogens is 282 g/mol. The van der Waals surface area contributed by atoms with Gasteiger partial charge in [-0.25, -0.2) is 0 Å². The number of nitriles is 1. The molecule has 0 bridgehead atoms. The predicted octanol–water partition coefficient (Wildman–Crippen LogP) is 3.07. The van der Waals surface area contributed by atoms with Crippen molar-refractivity contribution in [2.75, 3.05) is 5.43 Å². The van der Waals surface area contributed by atoms with E-state index in [1.807, 2.05) is 0 Å². The first kappa shape index (κ1) is 15.3. The van der Waals surface area contributed by atoms with Crippen LogP contribution in [0.5, 0.6) is 0 Å². The number of nitrogens with one attached hydrogen (secondary N) is 2. The van der Waals surface area contributed by atoms with Gasteiger partial charge < -0.3 is 5.73 Å². The maximum atomic E-state index is 8.77. The van der Waals surface area contributed by atoms with Crippen molar-refractivity contribution in [2.45, 2.75) is 24.0 Å². The van der Waals surface area contributed by atoms with Crippen LogP contribution in [-0.4, -0.2) is 16.8 Å². The van der Waals surface area contributed by atoms with Crippen molar-refractivity contribution in [2.24, 2.45) is 10.8 Å². The molecule has 0 aliphatic rings. The minimum absolute atomic E-state index is 0.166. The Bertz CT molecular complexity index is 548. The first-order chi connectivity index (χ1) is 8.95. The van der Waals surface area contributed by atoms with Gasteiger partial charge in [-0.3, -0.25) is 10.8 Å². The molecule has 1 aromatic rings. The molecule has 1 aromatic carbocycles. The van der Waals surface area contributed by atoms with Gasteiger partial charge in [-0.2, -0.15) is 10.4 Å². The van der Waals surface area contributed by atoms with Crippen LogP contribution in [-0.2, 0) is 0 Å². The number of amidine groups is 1. The van der Waals surface area contributed by atoms with E-state index in [4.69, 9.17) is 28.0 Å². The molecule has 0 aliphatic heterocycles. The first-order valence-corrected chi connectivity index (χ1v) is 6.74. The van der Waals surface area contributed by atoms with Gasteiger partial charge in [-0.1, -0.05) is 31.5 Å². The average Bonchev–Trinajstić information content (AvgIpc) is 2.33. The second-order valence-corrected chi connectivity index (χ2v) is 5.87. The first-order valence-electron chi connectivity index (χ1n) is 5.49. The highest BCUT2D eigenvalue weighted by Crippen LogP contribution is 2.36. The zero-order valence-electron chi connectivity index (χ0n) is 10.6. The zero-order valence-corrected chi connectivity index (χ0v) is 12.1. The lowest BCUT2D eigenvalue weighted by molar-refractivity contribution is 1.11. The Balaban J connectivity index is 3.05. The van der Waals surface area contributed by atoms with E-state index in [-0.39, 0.29) is 11.5 Å². The zero-order chi connectivity index (χ0) is 14.4. The molecular formula is C12H14ClN5S. The fraction of sp³-hybridized carbons (Fsp3) is 0.250. The van der Waals surface area contributed by atoms with Crippen molar-refractivity contribution < 1.29 is 0 Å². The number of nitrogens with two attached hydrogens (primary N) is 1. The number of benzene rings is 1. The van der Waals surface area contributed by atoms with Crippen LogP contribution in [0.4, 0.5) is 5.69 Å². The van der Waals surface area contributed by atoms with Gasteiger partial charge in [0.2, 0.25) is 5.71 Å². The normalized spacial score (nSPS) is 11.2. The fourth-order valence-corrected chi connectivity index (χ4v) is 2.41. The highest BCUT2D eigenvalue weighted by atomic mass is 35.5. The molecule has 0 atom stereocenters. The minimum atomic E-state index is -0.380. The van der Waals surface area contributed by atoms with Gasteiger partial charge in [0.05, 0.1) is 15.6 Å². The van der Waals surface area contributed by atoms with Crippen LogP contribution in [0.1, 0.15) is 13.8 Å². The monoisotopic (exact) mass is 295 g/mol. The van der Waals surface area contributed by atoms with E-state index in [1.54, 1.807) is 36.0 Å². The molecule has 0 spiro atoms. The van der Waals surface area contributed by atoms with Crippen molar-refractivity contribution >= 4 is 40.6 Å². The van der Waals surface area contributed by atoms with E-state index < -0.39 is 0 Å². The van der Waals surface area contributed by atoms with Crippen LogP contribution in [0.3, 0.4) is 0 Å². The van der Waals surface area contributed by atoms with Gasteiger partial charge in [0.25, 0.3) is 0 Å². The third-order valence-electron chi connectivity index (χ3n) is 1.97. The number of hydrogen-bond acceptors (Lipinski definition) is 5. The second-order valence-electron chi connectivity index (χ2n) is 3.88. The molecule has 0 saturated heterocycles. The van der Waals surface area contributed by atoms with Gasteiger partial charge in [-0.05, 0) is 12.1 Å². The fourth-order valence-electron chi connectivity index (χ4n) is 1.21. The minimum Gasteiger partial charge on any atom is -0.382 e. The van der Waals surface area contributed by atoms with Crippen LogP contribution >= 0.6 is 23.4 Å². The highest BCUT2D eigenvalue weighted by Gasteiger charge is 2.10. The maximum Gasteiger partial charge on any atom is 0.201 e. The molecule has 4 N–H and O–H groups in total. The SMILES string of the molecule is CC(C)Sc1c(Cl)cccc1N/N=C(\C#N)C(=N)N. The molecule has 7 heteroatoms. The Morgan fingerprint density at radius 2 is 2.26 bits per heavy atom. The molecule has 19 heavy (non-hydrogen) atoms.